The lowest BCUT2D eigenvalue weighted by atomic mass is 10.2. The number of hydrogen-bond donors (Lipinski definition) is 2. The Morgan fingerprint density at radius 3 is 2.36 bits per heavy atom. The fourth-order valence-electron chi connectivity index (χ4n) is 3.53. The molecule has 3 N–H and O–H groups in total. The van der Waals surface area contributed by atoms with E-state index >= 15 is 0 Å². The van der Waals surface area contributed by atoms with Crippen LogP contribution in [0.15, 0.2) is 77.7 Å². The van der Waals surface area contributed by atoms with Gasteiger partial charge in [0.25, 0.3) is 5.91 Å². The van der Waals surface area contributed by atoms with E-state index in [-0.39, 0.29) is 10.6 Å². The zero-order valence-corrected chi connectivity index (χ0v) is 19.2. The molecule has 7 nitrogen and oxygen atoms in total. The Bertz CT molecular complexity index is 1550. The van der Waals surface area contributed by atoms with Crippen LogP contribution in [0.5, 0.6) is 0 Å². The summed E-state index contributed by atoms with van der Waals surface area (Å²) < 4.78 is 4.00. The Labute approximate surface area is 201 Å². The summed E-state index contributed by atoms with van der Waals surface area (Å²) in [7, 11) is 0. The van der Waals surface area contributed by atoms with E-state index < -0.39 is 5.91 Å². The molecule has 0 bridgehead atoms. The molecular weight excluding hydrogens is 481 g/mol. The van der Waals surface area contributed by atoms with Gasteiger partial charge in [-0.05, 0) is 48.5 Å². The van der Waals surface area contributed by atoms with E-state index in [1.165, 1.54) is 16.0 Å². The summed E-state index contributed by atoms with van der Waals surface area (Å²) in [6.45, 7) is 0. The van der Waals surface area contributed by atoms with E-state index in [0.717, 1.165) is 15.9 Å². The van der Waals surface area contributed by atoms with Crippen LogP contribution in [-0.4, -0.2) is 20.3 Å². The molecule has 2 heterocycles. The molecule has 0 radical (unpaired) electrons. The highest BCUT2D eigenvalue weighted by Gasteiger charge is 2.18. The number of primary amides is 1. The van der Waals surface area contributed by atoms with Crippen molar-refractivity contribution in [2.45, 2.75) is 0 Å². The number of hydrogen-bond acceptors (Lipinski definition) is 5. The third-order valence-corrected chi connectivity index (χ3v) is 6.54. The highest BCUT2D eigenvalue weighted by atomic mass is 35.5. The van der Waals surface area contributed by atoms with Crippen LogP contribution in [-0.2, 0) is 0 Å². The van der Waals surface area contributed by atoms with Gasteiger partial charge in [-0.3, -0.25) is 14.2 Å². The largest absolute Gasteiger partial charge is 0.364 e. The molecule has 5 aromatic rings. The summed E-state index contributed by atoms with van der Waals surface area (Å²) in [6.07, 6.45) is 1.60. The Kier molecular flexibility index (Phi) is 5.41. The molecule has 0 spiro atoms. The molecule has 5 rings (SSSR count). The molecule has 164 valence electrons. The highest BCUT2D eigenvalue weighted by Crippen LogP contribution is 2.31. The average molecular weight is 496 g/mol. The molecule has 0 aliphatic carbocycles. The van der Waals surface area contributed by atoms with Crippen molar-refractivity contribution in [1.29, 1.82) is 0 Å². The Morgan fingerprint density at radius 2 is 1.67 bits per heavy atom. The number of amides is 1. The van der Waals surface area contributed by atoms with Crippen LogP contribution in [0.25, 0.3) is 21.6 Å². The van der Waals surface area contributed by atoms with E-state index in [9.17, 15) is 9.59 Å². The molecule has 0 aliphatic heterocycles. The number of nitrogens with zero attached hydrogens (tertiary/aromatic N) is 3. The third kappa shape index (κ3) is 3.89. The molecule has 0 fully saturated rings. The smallest absolute Gasteiger partial charge is 0.312 e. The number of thiazole rings is 1. The van der Waals surface area contributed by atoms with Crippen LogP contribution in [0.1, 0.15) is 10.5 Å². The van der Waals surface area contributed by atoms with Crippen molar-refractivity contribution >= 4 is 62.0 Å². The Hall–Kier alpha value is -3.59. The SMILES string of the molecule is NC(=O)c1nn(-c2c(Cl)cccc2Cl)cc1Nc1ccc(-n2c(=O)sc3ccccc32)cc1. The summed E-state index contributed by atoms with van der Waals surface area (Å²) in [6, 6.07) is 20.0. The molecule has 0 saturated carbocycles. The van der Waals surface area contributed by atoms with Crippen molar-refractivity contribution in [3.05, 3.63) is 98.3 Å². The van der Waals surface area contributed by atoms with E-state index in [1.54, 1.807) is 41.1 Å². The zero-order chi connectivity index (χ0) is 23.1. The van der Waals surface area contributed by atoms with Gasteiger partial charge in [-0.2, -0.15) is 5.10 Å². The first-order valence-corrected chi connectivity index (χ1v) is 11.3. The van der Waals surface area contributed by atoms with Crippen LogP contribution in [0, 0.1) is 0 Å². The molecule has 2 aromatic heterocycles. The maximum absolute atomic E-state index is 12.5. The van der Waals surface area contributed by atoms with E-state index in [0.29, 0.717) is 27.1 Å². The standard InChI is InChI=1S/C23H15Cl2N5O2S/c24-15-4-3-5-16(25)21(15)29-12-17(20(28-29)22(26)31)27-13-8-10-14(11-9-13)30-18-6-1-2-7-19(18)33-23(30)32/h1-12,27H,(H2,26,31). The van der Waals surface area contributed by atoms with Crippen LogP contribution in [0.3, 0.4) is 0 Å². The van der Waals surface area contributed by atoms with Crippen LogP contribution >= 0.6 is 34.5 Å². The van der Waals surface area contributed by atoms with Crippen molar-refractivity contribution in [1.82, 2.24) is 14.3 Å². The van der Waals surface area contributed by atoms with Crippen molar-refractivity contribution in [3.8, 4) is 11.4 Å². The van der Waals surface area contributed by atoms with E-state index in [4.69, 9.17) is 28.9 Å². The Morgan fingerprint density at radius 1 is 0.970 bits per heavy atom. The van der Waals surface area contributed by atoms with Gasteiger partial charge in [-0.15, -0.1) is 0 Å². The molecule has 10 heteroatoms. The molecule has 3 aromatic carbocycles. The second-order valence-corrected chi connectivity index (χ2v) is 8.92. The zero-order valence-electron chi connectivity index (χ0n) is 16.8. The lowest BCUT2D eigenvalue weighted by Crippen LogP contribution is -2.14. The predicted octanol–water partition coefficient (Wildman–Crippen LogP) is 5.39. The number of benzene rings is 3. The maximum atomic E-state index is 12.5. The number of carbonyl (C=O) groups is 1. The molecule has 0 atom stereocenters. The van der Waals surface area contributed by atoms with Crippen LogP contribution in [0.2, 0.25) is 10.0 Å². The first kappa shape index (κ1) is 21.3. The molecule has 1 amide bonds. The van der Waals surface area contributed by atoms with Gasteiger partial charge >= 0.3 is 4.87 Å². The van der Waals surface area contributed by atoms with Gasteiger partial charge in [-0.25, -0.2) is 4.68 Å². The number of nitrogens with two attached hydrogens (primary N) is 1. The lowest BCUT2D eigenvalue weighted by Gasteiger charge is -2.08. The lowest BCUT2D eigenvalue weighted by molar-refractivity contribution is 0.0996. The van der Waals surface area contributed by atoms with Crippen molar-refractivity contribution in [3.63, 3.8) is 0 Å². The highest BCUT2D eigenvalue weighted by molar-refractivity contribution is 7.16. The quantitative estimate of drug-likeness (QED) is 0.341. The minimum atomic E-state index is -0.702. The van der Waals surface area contributed by atoms with Gasteiger partial charge in [0.15, 0.2) is 5.69 Å². The number of carbonyl (C=O) groups excluding carboxylic acids is 1. The number of nitrogens with one attached hydrogen (secondary N) is 1. The Balaban J connectivity index is 1.50. The first-order valence-electron chi connectivity index (χ1n) is 9.74. The molecule has 0 unspecified atom stereocenters. The second-order valence-electron chi connectivity index (χ2n) is 7.11. The number of para-hydroxylation sites is 2. The summed E-state index contributed by atoms with van der Waals surface area (Å²) in [5.41, 5.74) is 8.67. The fraction of sp³-hybridized carbons (Fsp3) is 0. The number of rotatable bonds is 5. The number of anilines is 2. The molecule has 0 aliphatic rings. The van der Waals surface area contributed by atoms with Crippen molar-refractivity contribution in [2.75, 3.05) is 5.32 Å². The summed E-state index contributed by atoms with van der Waals surface area (Å²) in [4.78, 5) is 24.4. The average Bonchev–Trinajstić information content (AvgIpc) is 3.34. The van der Waals surface area contributed by atoms with Crippen molar-refractivity contribution < 1.29 is 4.79 Å². The minimum Gasteiger partial charge on any atom is -0.364 e. The monoisotopic (exact) mass is 495 g/mol. The van der Waals surface area contributed by atoms with Gasteiger partial charge < -0.3 is 11.1 Å². The van der Waals surface area contributed by atoms with Gasteiger partial charge in [0, 0.05) is 5.69 Å². The maximum Gasteiger partial charge on any atom is 0.312 e. The normalized spacial score (nSPS) is 11.1. The van der Waals surface area contributed by atoms with Crippen LogP contribution < -0.4 is 15.9 Å². The summed E-state index contributed by atoms with van der Waals surface area (Å²) in [5.74, 6) is -0.702. The van der Waals surface area contributed by atoms with Gasteiger partial charge in [0.05, 0.1) is 37.8 Å². The van der Waals surface area contributed by atoms with Crippen molar-refractivity contribution in [2.24, 2.45) is 5.73 Å². The third-order valence-electron chi connectivity index (χ3n) is 5.00. The fourth-order valence-corrected chi connectivity index (χ4v) is 4.99. The van der Waals surface area contributed by atoms with Gasteiger partial charge in [0.2, 0.25) is 0 Å². The minimum absolute atomic E-state index is 0.0371. The summed E-state index contributed by atoms with van der Waals surface area (Å²) in [5, 5.41) is 8.18. The molecule has 33 heavy (non-hydrogen) atoms. The summed E-state index contributed by atoms with van der Waals surface area (Å²) >= 11 is 13.8. The first-order chi connectivity index (χ1) is 15.9. The second kappa shape index (κ2) is 8.40. The topological polar surface area (TPSA) is 94.9 Å². The number of fused-ring (bicyclic) bond motifs is 1. The van der Waals surface area contributed by atoms with Gasteiger partial charge in [-0.1, -0.05) is 52.7 Å². The van der Waals surface area contributed by atoms with Gasteiger partial charge in [0.1, 0.15) is 5.69 Å². The van der Waals surface area contributed by atoms with Crippen LogP contribution in [0.4, 0.5) is 11.4 Å². The predicted molar refractivity (Wildman–Crippen MR) is 133 cm³/mol. The number of halogens is 2. The van der Waals surface area contributed by atoms with E-state index in [1.807, 2.05) is 36.4 Å². The number of aromatic nitrogens is 3. The molecular formula is C23H15Cl2N5O2S. The van der Waals surface area contributed by atoms with E-state index in [2.05, 4.69) is 10.4 Å². The molecule has 0 saturated heterocycles.